The molecule has 0 amide bonds. The van der Waals surface area contributed by atoms with Gasteiger partial charge in [-0.1, -0.05) is 41.9 Å². The van der Waals surface area contributed by atoms with Gasteiger partial charge in [0.25, 0.3) is 5.82 Å². The van der Waals surface area contributed by atoms with Gasteiger partial charge in [-0.3, -0.25) is 0 Å². The molecule has 0 atom stereocenters. The van der Waals surface area contributed by atoms with Crippen LogP contribution in [0, 0.1) is 0 Å². The molecule has 0 bridgehead atoms. The van der Waals surface area contributed by atoms with Crippen LogP contribution < -0.4 is 21.5 Å². The Kier molecular flexibility index (Phi) is 5.42. The second-order valence-electron chi connectivity index (χ2n) is 6.11. The minimum Gasteiger partial charge on any atom is -1.00 e. The Morgan fingerprint density at radius 1 is 0.875 bits per heavy atom. The zero-order chi connectivity index (χ0) is 15.6. The van der Waals surface area contributed by atoms with Crippen LogP contribution in [0.5, 0.6) is 0 Å². The molecule has 0 saturated carbocycles. The van der Waals surface area contributed by atoms with Crippen LogP contribution in [0.15, 0.2) is 60.8 Å². The SMILES string of the molecule is Clc1ccc(-n2c(-c3ccccc3)c[n+]3c2CCCCC3)cc1.[Br-]. The molecule has 0 fully saturated rings. The van der Waals surface area contributed by atoms with Crippen LogP contribution >= 0.6 is 11.6 Å². The fourth-order valence-corrected chi connectivity index (χ4v) is 3.56. The molecule has 2 heterocycles. The third-order valence-electron chi connectivity index (χ3n) is 4.56. The molecule has 0 radical (unpaired) electrons. The molecule has 124 valence electrons. The largest absolute Gasteiger partial charge is 1.00 e. The van der Waals surface area contributed by atoms with Crippen LogP contribution in [-0.4, -0.2) is 4.57 Å². The number of hydrogen-bond donors (Lipinski definition) is 0. The molecule has 0 spiro atoms. The van der Waals surface area contributed by atoms with Crippen LogP contribution in [0.25, 0.3) is 16.9 Å². The second-order valence-corrected chi connectivity index (χ2v) is 6.55. The van der Waals surface area contributed by atoms with Gasteiger partial charge in [-0.2, -0.15) is 4.57 Å². The minimum absolute atomic E-state index is 0. The van der Waals surface area contributed by atoms with E-state index in [-0.39, 0.29) is 17.0 Å². The Hall–Kier alpha value is -1.58. The Labute approximate surface area is 158 Å². The van der Waals surface area contributed by atoms with Gasteiger partial charge in [0, 0.05) is 17.0 Å². The van der Waals surface area contributed by atoms with E-state index in [0.29, 0.717) is 0 Å². The van der Waals surface area contributed by atoms with Crippen LogP contribution in [-0.2, 0) is 13.0 Å². The lowest BCUT2D eigenvalue weighted by Gasteiger charge is -2.05. The third kappa shape index (κ3) is 3.28. The molecular weight excluding hydrogens is 384 g/mol. The summed E-state index contributed by atoms with van der Waals surface area (Å²) in [6.07, 6.45) is 7.26. The van der Waals surface area contributed by atoms with E-state index >= 15 is 0 Å². The molecule has 4 rings (SSSR count). The van der Waals surface area contributed by atoms with E-state index in [2.05, 4.69) is 57.8 Å². The number of fused-ring (bicyclic) bond motifs is 1. The second kappa shape index (κ2) is 7.54. The quantitative estimate of drug-likeness (QED) is 0.577. The highest BCUT2D eigenvalue weighted by Gasteiger charge is 2.26. The third-order valence-corrected chi connectivity index (χ3v) is 4.81. The first kappa shape index (κ1) is 17.2. The summed E-state index contributed by atoms with van der Waals surface area (Å²) < 4.78 is 4.83. The molecular formula is C20H20BrClN2. The van der Waals surface area contributed by atoms with E-state index in [1.165, 1.54) is 42.0 Å². The van der Waals surface area contributed by atoms with Crippen molar-refractivity contribution in [1.82, 2.24) is 4.57 Å². The number of aryl methyl sites for hydroxylation is 1. The molecule has 2 nitrogen and oxygen atoms in total. The summed E-state index contributed by atoms with van der Waals surface area (Å²) in [4.78, 5) is 0. The molecule has 1 aliphatic heterocycles. The van der Waals surface area contributed by atoms with Crippen molar-refractivity contribution in [2.75, 3.05) is 0 Å². The lowest BCUT2D eigenvalue weighted by atomic mass is 10.1. The summed E-state index contributed by atoms with van der Waals surface area (Å²) >= 11 is 6.08. The highest BCUT2D eigenvalue weighted by molar-refractivity contribution is 6.30. The summed E-state index contributed by atoms with van der Waals surface area (Å²) in [5.41, 5.74) is 3.69. The van der Waals surface area contributed by atoms with Gasteiger partial charge in [-0.15, -0.1) is 0 Å². The zero-order valence-corrected chi connectivity index (χ0v) is 15.8. The van der Waals surface area contributed by atoms with E-state index in [1.54, 1.807) is 0 Å². The van der Waals surface area contributed by atoms with Gasteiger partial charge in [-0.25, -0.2) is 4.57 Å². The minimum atomic E-state index is 0. The van der Waals surface area contributed by atoms with E-state index in [0.717, 1.165) is 18.0 Å². The van der Waals surface area contributed by atoms with Crippen LogP contribution in [0.2, 0.25) is 5.02 Å². The number of imidazole rings is 1. The Morgan fingerprint density at radius 2 is 1.62 bits per heavy atom. The van der Waals surface area contributed by atoms with Crippen molar-refractivity contribution in [3.05, 3.63) is 71.6 Å². The fraction of sp³-hybridized carbons (Fsp3) is 0.250. The lowest BCUT2D eigenvalue weighted by molar-refractivity contribution is -0.702. The molecule has 0 saturated heterocycles. The maximum absolute atomic E-state index is 6.08. The summed E-state index contributed by atoms with van der Waals surface area (Å²) in [7, 11) is 0. The number of aromatic nitrogens is 2. The van der Waals surface area contributed by atoms with Gasteiger partial charge >= 0.3 is 0 Å². The van der Waals surface area contributed by atoms with E-state index in [4.69, 9.17) is 11.6 Å². The van der Waals surface area contributed by atoms with Gasteiger partial charge < -0.3 is 17.0 Å². The van der Waals surface area contributed by atoms with Crippen molar-refractivity contribution >= 4 is 11.6 Å². The number of benzene rings is 2. The monoisotopic (exact) mass is 402 g/mol. The first-order valence-corrected chi connectivity index (χ1v) is 8.66. The van der Waals surface area contributed by atoms with Gasteiger partial charge in [0.15, 0.2) is 5.69 Å². The molecule has 24 heavy (non-hydrogen) atoms. The molecule has 0 N–H and O–H groups in total. The van der Waals surface area contributed by atoms with Crippen LogP contribution in [0.1, 0.15) is 25.1 Å². The summed E-state index contributed by atoms with van der Waals surface area (Å²) in [5, 5.41) is 0.779. The van der Waals surface area contributed by atoms with E-state index in [1.807, 2.05) is 12.1 Å². The molecule has 4 heteroatoms. The smallest absolute Gasteiger partial charge is 0.262 e. The lowest BCUT2D eigenvalue weighted by Crippen LogP contribution is -3.00. The average Bonchev–Trinajstić information content (AvgIpc) is 2.79. The molecule has 3 aromatic rings. The van der Waals surface area contributed by atoms with E-state index < -0.39 is 0 Å². The van der Waals surface area contributed by atoms with E-state index in [9.17, 15) is 0 Å². The Bertz CT molecular complexity index is 810. The Balaban J connectivity index is 0.00000169. The van der Waals surface area contributed by atoms with Crippen LogP contribution in [0.4, 0.5) is 0 Å². The maximum Gasteiger partial charge on any atom is 0.262 e. The van der Waals surface area contributed by atoms with Crippen molar-refractivity contribution in [2.24, 2.45) is 0 Å². The number of halogens is 2. The first-order valence-electron chi connectivity index (χ1n) is 8.28. The van der Waals surface area contributed by atoms with Crippen molar-refractivity contribution in [3.63, 3.8) is 0 Å². The van der Waals surface area contributed by atoms with Gasteiger partial charge in [0.05, 0.1) is 6.54 Å². The van der Waals surface area contributed by atoms with Crippen LogP contribution in [0.3, 0.4) is 0 Å². The highest BCUT2D eigenvalue weighted by Crippen LogP contribution is 2.27. The van der Waals surface area contributed by atoms with Crippen molar-refractivity contribution in [1.29, 1.82) is 0 Å². The standard InChI is InChI=1S/C20H20ClN2.BrH/c21-17-10-12-18(13-11-17)23-19(16-7-3-1-4-8-16)15-22-14-6-2-5-9-20(22)23;/h1,3-4,7-8,10-13,15H,2,5-6,9,14H2;1H/q+1;/p-1. The predicted molar refractivity (Wildman–Crippen MR) is 94.0 cm³/mol. The van der Waals surface area contributed by atoms with Crippen molar-refractivity contribution in [3.8, 4) is 16.9 Å². The number of hydrogen-bond acceptors (Lipinski definition) is 0. The molecule has 0 aliphatic carbocycles. The first-order chi connectivity index (χ1) is 11.3. The molecule has 1 aromatic heterocycles. The number of rotatable bonds is 2. The molecule has 0 unspecified atom stereocenters. The molecule has 1 aliphatic rings. The summed E-state index contributed by atoms with van der Waals surface area (Å²) in [6.45, 7) is 1.11. The van der Waals surface area contributed by atoms with Gasteiger partial charge in [-0.05, 0) is 43.5 Å². The normalized spacial score (nSPS) is 13.7. The summed E-state index contributed by atoms with van der Waals surface area (Å²) in [5.74, 6) is 1.39. The highest BCUT2D eigenvalue weighted by atomic mass is 79.9. The zero-order valence-electron chi connectivity index (χ0n) is 13.5. The van der Waals surface area contributed by atoms with Crippen molar-refractivity contribution < 1.29 is 21.5 Å². The predicted octanol–water partition coefficient (Wildman–Crippen LogP) is 1.82. The fourth-order valence-electron chi connectivity index (χ4n) is 3.43. The topological polar surface area (TPSA) is 8.81 Å². The molecule has 2 aromatic carbocycles. The summed E-state index contributed by atoms with van der Waals surface area (Å²) in [6, 6.07) is 18.8. The number of nitrogens with zero attached hydrogens (tertiary/aromatic N) is 2. The Morgan fingerprint density at radius 3 is 2.38 bits per heavy atom. The maximum atomic E-state index is 6.08. The van der Waals surface area contributed by atoms with Gasteiger partial charge in [0.1, 0.15) is 11.9 Å². The van der Waals surface area contributed by atoms with Crippen molar-refractivity contribution in [2.45, 2.75) is 32.2 Å². The van der Waals surface area contributed by atoms with Gasteiger partial charge in [0.2, 0.25) is 0 Å². The average molecular weight is 404 g/mol.